The van der Waals surface area contributed by atoms with Crippen LogP contribution in [0.5, 0.6) is 0 Å². The molecule has 12 heteroatoms. The summed E-state index contributed by atoms with van der Waals surface area (Å²) in [5.41, 5.74) is 8.81. The molecule has 1 aliphatic heterocycles. The molecule has 5 N–H and O–H groups in total. The molecule has 0 unspecified atom stereocenters. The Bertz CT molecular complexity index is 1340. The van der Waals surface area contributed by atoms with Crippen molar-refractivity contribution in [1.29, 1.82) is 0 Å². The zero-order chi connectivity index (χ0) is 32.7. The Hall–Kier alpha value is -2.80. The van der Waals surface area contributed by atoms with Crippen molar-refractivity contribution in [1.82, 2.24) is 14.9 Å². The van der Waals surface area contributed by atoms with Crippen molar-refractivity contribution in [3.8, 4) is 0 Å². The molecule has 0 saturated carbocycles. The Kier molecular flexibility index (Phi) is 16.0. The fraction of sp³-hybridized carbons (Fsp3) is 0.531. The second-order valence-corrected chi connectivity index (χ2v) is 14.2. The summed E-state index contributed by atoms with van der Waals surface area (Å²) in [7, 11) is -2.63. The van der Waals surface area contributed by atoms with Gasteiger partial charge in [-0.15, -0.1) is 0 Å². The lowest BCUT2D eigenvalue weighted by Crippen LogP contribution is -2.47. The molecule has 0 radical (unpaired) electrons. The van der Waals surface area contributed by atoms with E-state index in [1.165, 1.54) is 4.31 Å². The number of nitrogen functional groups attached to an aromatic ring is 1. The quantitative estimate of drug-likeness (QED) is 0.153. The van der Waals surface area contributed by atoms with E-state index >= 15 is 0 Å². The van der Waals surface area contributed by atoms with Crippen molar-refractivity contribution in [3.63, 3.8) is 0 Å². The highest BCUT2D eigenvalue weighted by Gasteiger charge is 2.26. The van der Waals surface area contributed by atoms with Gasteiger partial charge in [0.05, 0.1) is 4.90 Å². The molecule has 1 aliphatic carbocycles. The third-order valence-corrected chi connectivity index (χ3v) is 9.99. The first-order chi connectivity index (χ1) is 21.0. The molecule has 3 rings (SSSR count). The van der Waals surface area contributed by atoms with Crippen LogP contribution in [0.2, 0.25) is 0 Å². The summed E-state index contributed by atoms with van der Waals surface area (Å²) in [5.74, 6) is -0.330. The topological polar surface area (TPSA) is 154 Å². The number of nitrogens with zero attached hydrogens (tertiary/aromatic N) is 2. The number of benzene rings is 1. The Balaban J connectivity index is 0.00000330. The summed E-state index contributed by atoms with van der Waals surface area (Å²) in [4.78, 5) is 30.7. The maximum atomic E-state index is 13.2. The molecule has 0 fully saturated rings. The lowest BCUT2D eigenvalue weighted by Gasteiger charge is -2.24. The Labute approximate surface area is 271 Å². The highest BCUT2D eigenvalue weighted by Crippen LogP contribution is 2.27. The van der Waals surface area contributed by atoms with Crippen LogP contribution >= 0.6 is 15.9 Å². The molecule has 10 nitrogen and oxygen atoms in total. The van der Waals surface area contributed by atoms with Crippen LogP contribution in [0.3, 0.4) is 0 Å². The first-order valence-electron chi connectivity index (χ1n) is 15.1. The number of halogens is 1. The van der Waals surface area contributed by atoms with E-state index in [0.29, 0.717) is 56.6 Å². The van der Waals surface area contributed by atoms with E-state index in [1.54, 1.807) is 30.5 Å². The van der Waals surface area contributed by atoms with Gasteiger partial charge in [0.25, 0.3) is 0 Å². The number of amides is 2. The Morgan fingerprint density at radius 1 is 1.09 bits per heavy atom. The van der Waals surface area contributed by atoms with Gasteiger partial charge in [0, 0.05) is 56.3 Å². The number of unbranched alkanes of at least 4 members (excludes halogenated alkanes) is 2. The molecule has 0 aromatic heterocycles. The summed E-state index contributed by atoms with van der Waals surface area (Å²) < 4.78 is 29.1. The van der Waals surface area contributed by atoms with Gasteiger partial charge in [-0.05, 0) is 85.7 Å². The van der Waals surface area contributed by atoms with E-state index in [2.05, 4.69) is 37.6 Å². The van der Waals surface area contributed by atoms with Gasteiger partial charge in [-0.1, -0.05) is 48.4 Å². The van der Waals surface area contributed by atoms with Gasteiger partial charge < -0.3 is 21.5 Å². The molecule has 0 saturated heterocycles. The summed E-state index contributed by atoms with van der Waals surface area (Å²) in [6.07, 6.45) is 11.3. The first kappa shape index (κ1) is 37.4. The van der Waals surface area contributed by atoms with Gasteiger partial charge in [0.2, 0.25) is 21.8 Å². The van der Waals surface area contributed by atoms with E-state index in [4.69, 9.17) is 10.8 Å². The molecule has 0 bridgehead atoms. The van der Waals surface area contributed by atoms with E-state index < -0.39 is 16.1 Å². The van der Waals surface area contributed by atoms with Gasteiger partial charge in [0.1, 0.15) is 6.04 Å². The number of nitrogens with two attached hydrogens (primary N) is 1. The summed E-state index contributed by atoms with van der Waals surface area (Å²) in [5, 5.41) is 12.9. The van der Waals surface area contributed by atoms with Crippen LogP contribution in [0.25, 0.3) is 0 Å². The highest BCUT2D eigenvalue weighted by atomic mass is 79.9. The van der Waals surface area contributed by atoms with Crippen LogP contribution in [0.15, 0.2) is 68.1 Å². The van der Waals surface area contributed by atoms with Crippen LogP contribution in [-0.4, -0.2) is 68.1 Å². The van der Waals surface area contributed by atoms with Gasteiger partial charge in [-0.2, -0.15) is 4.31 Å². The first-order valence-corrected chi connectivity index (χ1v) is 17.4. The van der Waals surface area contributed by atoms with E-state index in [-0.39, 0.29) is 22.6 Å². The fourth-order valence-electron chi connectivity index (χ4n) is 4.78. The third kappa shape index (κ3) is 11.9. The number of carbonyl (C=O) groups is 2. The number of nitrogens with one attached hydrogen (secondary N) is 2. The van der Waals surface area contributed by atoms with Crippen molar-refractivity contribution in [2.75, 3.05) is 32.5 Å². The van der Waals surface area contributed by atoms with Crippen molar-refractivity contribution in [3.05, 3.63) is 58.2 Å². The number of hydrogen-bond acceptors (Lipinski definition) is 7. The molecular weight excluding hydrogens is 646 g/mol. The number of carbonyl (C=O) groups excluding carboxylic acids is 2. The van der Waals surface area contributed by atoms with Crippen molar-refractivity contribution >= 4 is 49.2 Å². The monoisotopic (exact) mass is 693 g/mol. The van der Waals surface area contributed by atoms with Crippen LogP contribution in [0, 0.1) is 5.92 Å². The van der Waals surface area contributed by atoms with Crippen molar-refractivity contribution in [2.24, 2.45) is 10.9 Å². The Morgan fingerprint density at radius 2 is 1.80 bits per heavy atom. The average molecular weight is 695 g/mol. The smallest absolute Gasteiger partial charge is 0.249 e. The van der Waals surface area contributed by atoms with Crippen molar-refractivity contribution in [2.45, 2.75) is 83.1 Å². The minimum atomic E-state index is -3.63. The number of aliphatic hydroxyl groups excluding tert-OH is 1. The predicted octanol–water partition coefficient (Wildman–Crippen LogP) is 4.82. The molecule has 1 aromatic rings. The maximum Gasteiger partial charge on any atom is 0.249 e. The number of rotatable bonds is 15. The number of sulfonamides is 1. The predicted molar refractivity (Wildman–Crippen MR) is 181 cm³/mol. The normalized spacial score (nSPS) is 15.7. The average Bonchev–Trinajstić information content (AvgIpc) is 3.00. The number of aliphatic imine (C=N–C) groups is 1. The molecule has 1 heterocycles. The zero-order valence-corrected chi connectivity index (χ0v) is 28.7. The molecule has 44 heavy (non-hydrogen) atoms. The van der Waals surface area contributed by atoms with E-state index in [1.807, 2.05) is 26.8 Å². The number of allylic oxidation sites excluding steroid dienone is 3. The maximum absolute atomic E-state index is 13.2. The Morgan fingerprint density at radius 3 is 2.41 bits per heavy atom. The fourth-order valence-corrected chi connectivity index (χ4v) is 6.95. The second-order valence-electron chi connectivity index (χ2n) is 11.3. The van der Waals surface area contributed by atoms with Crippen LogP contribution < -0.4 is 16.4 Å². The van der Waals surface area contributed by atoms with Gasteiger partial charge in [-0.3, -0.25) is 14.6 Å². The van der Waals surface area contributed by atoms with E-state index in [9.17, 15) is 18.0 Å². The number of anilines is 1. The third-order valence-electron chi connectivity index (χ3n) is 7.20. The zero-order valence-electron chi connectivity index (χ0n) is 26.3. The van der Waals surface area contributed by atoms with Crippen LogP contribution in [0.1, 0.15) is 72.1 Å². The molecule has 0 spiro atoms. The van der Waals surface area contributed by atoms with Crippen LogP contribution in [-0.2, 0) is 19.6 Å². The van der Waals surface area contributed by atoms with Crippen LogP contribution in [0.4, 0.5) is 5.69 Å². The number of hydrogen-bond donors (Lipinski definition) is 4. The molecule has 2 aliphatic rings. The lowest BCUT2D eigenvalue weighted by atomic mass is 9.98. The van der Waals surface area contributed by atoms with Crippen molar-refractivity contribution < 1.29 is 23.1 Å². The molecule has 2 amide bonds. The standard InChI is InChI=1S/C31H44BrN5O4S.CH4O/c1-22(2)21-37(42(40,41)27-15-13-26(33)14-16-27)18-8-4-7-17-34-31(39)29(19-24-9-5-6-10-28(24)32)36-30(38)25-12-11-23(3)35-20-25;1-2/h5,9,13-16,20,22,29H,4,6-8,10-12,17-19,21,33H2,1-3H3,(H,34,39)(H,36,38);2H,1H3/t29-;/m0./s1. The highest BCUT2D eigenvalue weighted by molar-refractivity contribution is 9.11. The van der Waals surface area contributed by atoms with Gasteiger partial charge in [-0.25, -0.2) is 8.42 Å². The minimum Gasteiger partial charge on any atom is -0.400 e. The largest absolute Gasteiger partial charge is 0.400 e. The molecule has 1 atom stereocenters. The lowest BCUT2D eigenvalue weighted by molar-refractivity contribution is -0.127. The molecule has 244 valence electrons. The summed E-state index contributed by atoms with van der Waals surface area (Å²) >= 11 is 3.62. The summed E-state index contributed by atoms with van der Waals surface area (Å²) in [6, 6.07) is 5.56. The SMILES string of the molecule is CC1=NC=C(C(=O)N[C@@H](CC2=C(Br)CCC=C2)C(=O)NCCCCCN(CC(C)C)S(=O)(=O)c2ccc(N)cc2)CC1.CO. The van der Waals surface area contributed by atoms with Gasteiger partial charge >= 0.3 is 0 Å². The van der Waals surface area contributed by atoms with E-state index in [0.717, 1.165) is 48.6 Å². The molecular formula is C32H48BrN5O5S. The minimum absolute atomic E-state index is 0.175. The number of aliphatic hydroxyl groups is 1. The summed E-state index contributed by atoms with van der Waals surface area (Å²) in [6.45, 7) is 7.17. The molecule has 1 aromatic carbocycles. The second kappa shape index (κ2) is 18.9. The van der Waals surface area contributed by atoms with Gasteiger partial charge in [0.15, 0.2) is 0 Å².